The molecule has 0 fully saturated rings. The lowest BCUT2D eigenvalue weighted by molar-refractivity contribution is 0.397. The second-order valence-electron chi connectivity index (χ2n) is 8.45. The van der Waals surface area contributed by atoms with Crippen molar-refractivity contribution in [3.63, 3.8) is 0 Å². The fraction of sp³-hybridized carbons (Fsp3) is 0.292. The van der Waals surface area contributed by atoms with Crippen LogP contribution in [0.1, 0.15) is 18.2 Å². The molecule has 0 saturated heterocycles. The zero-order chi connectivity index (χ0) is 24.5. The largest absolute Gasteiger partial charge is 0.495 e. The summed E-state index contributed by atoms with van der Waals surface area (Å²) in [4.78, 5) is 11.3. The van der Waals surface area contributed by atoms with Crippen LogP contribution in [0.4, 0.5) is 5.82 Å². The van der Waals surface area contributed by atoms with Crippen molar-refractivity contribution in [2.75, 3.05) is 26.5 Å². The van der Waals surface area contributed by atoms with E-state index in [4.69, 9.17) is 21.3 Å². The molecule has 0 radical (unpaired) electrons. The average molecular weight is 492 g/mol. The second kappa shape index (κ2) is 9.47. The number of rotatable bonds is 8. The molecule has 180 valence electrons. The number of anilines is 1. The highest BCUT2D eigenvalue weighted by Crippen LogP contribution is 2.32. The minimum Gasteiger partial charge on any atom is -0.495 e. The molecule has 0 bridgehead atoms. The SMILES string of the molecule is CCn1ncc2c3c(NCc4ccc(OC)c(Cl)c4)nnc(-n4cnc(CN(C)C)c4)c3cnc21. The third-order valence-electron chi connectivity index (χ3n) is 5.72. The van der Waals surface area contributed by atoms with Crippen LogP contribution in [0.25, 0.3) is 27.6 Å². The highest BCUT2D eigenvalue weighted by atomic mass is 35.5. The first-order valence-electron chi connectivity index (χ1n) is 11.2. The first kappa shape index (κ1) is 23.0. The molecule has 0 unspecified atom stereocenters. The number of benzene rings is 1. The van der Waals surface area contributed by atoms with Gasteiger partial charge in [-0.2, -0.15) is 5.10 Å². The Hall–Kier alpha value is -3.76. The number of hydrogen-bond acceptors (Lipinski definition) is 8. The molecule has 35 heavy (non-hydrogen) atoms. The molecule has 0 amide bonds. The maximum absolute atomic E-state index is 6.31. The number of hydrogen-bond donors (Lipinski definition) is 1. The van der Waals surface area contributed by atoms with E-state index < -0.39 is 0 Å². The average Bonchev–Trinajstić information content (AvgIpc) is 3.48. The van der Waals surface area contributed by atoms with Crippen LogP contribution >= 0.6 is 11.6 Å². The molecule has 1 aromatic carbocycles. The Balaban J connectivity index is 1.60. The molecule has 0 spiro atoms. The minimum absolute atomic E-state index is 0.511. The second-order valence-corrected chi connectivity index (χ2v) is 8.86. The minimum atomic E-state index is 0.511. The molecule has 5 aromatic rings. The Kier molecular flexibility index (Phi) is 6.23. The van der Waals surface area contributed by atoms with E-state index in [1.807, 2.05) is 67.1 Å². The predicted octanol–water partition coefficient (Wildman–Crippen LogP) is 3.92. The number of nitrogens with one attached hydrogen (secondary N) is 1. The molecule has 5 rings (SSSR count). The number of fused-ring (bicyclic) bond motifs is 3. The van der Waals surface area contributed by atoms with Crippen LogP contribution in [0.2, 0.25) is 5.02 Å². The molecule has 0 aliphatic heterocycles. The molecule has 11 heteroatoms. The molecule has 0 atom stereocenters. The molecule has 10 nitrogen and oxygen atoms in total. The fourth-order valence-corrected chi connectivity index (χ4v) is 4.37. The first-order valence-corrected chi connectivity index (χ1v) is 11.6. The third kappa shape index (κ3) is 4.38. The number of ether oxygens (including phenoxy) is 1. The summed E-state index contributed by atoms with van der Waals surface area (Å²) in [7, 11) is 5.62. The van der Waals surface area contributed by atoms with E-state index in [-0.39, 0.29) is 0 Å². The molecule has 0 aliphatic carbocycles. The van der Waals surface area contributed by atoms with Gasteiger partial charge in [0.05, 0.1) is 29.4 Å². The van der Waals surface area contributed by atoms with Crippen LogP contribution < -0.4 is 10.1 Å². The van der Waals surface area contributed by atoms with Crippen LogP contribution in [-0.4, -0.2) is 60.6 Å². The van der Waals surface area contributed by atoms with E-state index in [0.717, 1.165) is 46.2 Å². The Morgan fingerprint density at radius 1 is 1.11 bits per heavy atom. The standard InChI is InChI=1S/C24H26ClN9O/c1-5-34-23-18(11-29-34)21-17(10-27-23)24(33-13-16(28-14-33)12-32(2)3)31-30-22(21)26-9-15-6-7-20(35-4)19(25)8-15/h6-8,10-11,13-14H,5,9,12H2,1-4H3,(H,26,30). The lowest BCUT2D eigenvalue weighted by atomic mass is 10.1. The van der Waals surface area contributed by atoms with Crippen LogP contribution in [-0.2, 0) is 19.6 Å². The van der Waals surface area contributed by atoms with Crippen LogP contribution in [0.5, 0.6) is 5.75 Å². The molecular weight excluding hydrogens is 466 g/mol. The van der Waals surface area contributed by atoms with Gasteiger partial charge in [-0.3, -0.25) is 4.57 Å². The van der Waals surface area contributed by atoms with E-state index in [2.05, 4.69) is 30.5 Å². The Bertz CT molecular complexity index is 1510. The molecule has 0 saturated carbocycles. The van der Waals surface area contributed by atoms with Gasteiger partial charge in [-0.05, 0) is 38.7 Å². The van der Waals surface area contributed by atoms with Crippen LogP contribution in [0.3, 0.4) is 0 Å². The molecule has 4 heterocycles. The van der Waals surface area contributed by atoms with Crippen molar-refractivity contribution in [1.82, 2.24) is 39.4 Å². The number of methoxy groups -OCH3 is 1. The van der Waals surface area contributed by atoms with Crippen LogP contribution in [0, 0.1) is 0 Å². The van der Waals surface area contributed by atoms with Crippen molar-refractivity contribution in [3.05, 3.63) is 59.4 Å². The van der Waals surface area contributed by atoms with E-state index in [1.165, 1.54) is 0 Å². The number of aromatic nitrogens is 7. The van der Waals surface area contributed by atoms with Crippen molar-refractivity contribution in [3.8, 4) is 11.6 Å². The third-order valence-corrected chi connectivity index (χ3v) is 6.02. The summed E-state index contributed by atoms with van der Waals surface area (Å²) in [5.41, 5.74) is 2.73. The first-order chi connectivity index (χ1) is 17.0. The summed E-state index contributed by atoms with van der Waals surface area (Å²) in [5.74, 6) is 1.94. The van der Waals surface area contributed by atoms with Crippen molar-refractivity contribution in [2.45, 2.75) is 26.6 Å². The van der Waals surface area contributed by atoms with Gasteiger partial charge < -0.3 is 15.0 Å². The quantitative estimate of drug-likeness (QED) is 0.349. The van der Waals surface area contributed by atoms with Gasteiger partial charge >= 0.3 is 0 Å². The van der Waals surface area contributed by atoms with E-state index >= 15 is 0 Å². The normalized spacial score (nSPS) is 11.6. The maximum Gasteiger partial charge on any atom is 0.170 e. The summed E-state index contributed by atoms with van der Waals surface area (Å²) in [6, 6.07) is 5.69. The molecule has 0 aliphatic rings. The highest BCUT2D eigenvalue weighted by Gasteiger charge is 2.18. The van der Waals surface area contributed by atoms with Crippen molar-refractivity contribution < 1.29 is 4.74 Å². The van der Waals surface area contributed by atoms with Crippen molar-refractivity contribution in [2.24, 2.45) is 0 Å². The van der Waals surface area contributed by atoms with Gasteiger partial charge in [-0.15, -0.1) is 10.2 Å². The number of aryl methyl sites for hydroxylation is 1. The summed E-state index contributed by atoms with van der Waals surface area (Å²) in [6.45, 7) is 4.00. The predicted molar refractivity (Wildman–Crippen MR) is 136 cm³/mol. The number of nitrogens with zero attached hydrogens (tertiary/aromatic N) is 8. The van der Waals surface area contributed by atoms with Gasteiger partial charge in [-0.25, -0.2) is 14.6 Å². The van der Waals surface area contributed by atoms with Gasteiger partial charge in [0.15, 0.2) is 17.3 Å². The highest BCUT2D eigenvalue weighted by molar-refractivity contribution is 6.32. The van der Waals surface area contributed by atoms with Gasteiger partial charge in [-0.1, -0.05) is 17.7 Å². The molecule has 1 N–H and O–H groups in total. The Morgan fingerprint density at radius 2 is 1.97 bits per heavy atom. The maximum atomic E-state index is 6.31. The van der Waals surface area contributed by atoms with Gasteiger partial charge in [0.1, 0.15) is 12.1 Å². The molecular formula is C24H26ClN9O. The number of imidazole rings is 1. The van der Waals surface area contributed by atoms with E-state index in [1.54, 1.807) is 13.4 Å². The Labute approximate surface area is 207 Å². The van der Waals surface area contributed by atoms with Gasteiger partial charge in [0.2, 0.25) is 0 Å². The fourth-order valence-electron chi connectivity index (χ4n) is 4.09. The summed E-state index contributed by atoms with van der Waals surface area (Å²) in [6.07, 6.45) is 7.39. The molecule has 4 aromatic heterocycles. The van der Waals surface area contributed by atoms with E-state index in [0.29, 0.717) is 29.0 Å². The summed E-state index contributed by atoms with van der Waals surface area (Å²) >= 11 is 6.31. The number of halogens is 1. The lowest BCUT2D eigenvalue weighted by Gasteiger charge is -2.13. The summed E-state index contributed by atoms with van der Waals surface area (Å²) in [5, 5.41) is 20.3. The topological polar surface area (TPSA) is 98.8 Å². The van der Waals surface area contributed by atoms with Gasteiger partial charge in [0, 0.05) is 42.8 Å². The van der Waals surface area contributed by atoms with Crippen molar-refractivity contribution >= 4 is 39.2 Å². The smallest absolute Gasteiger partial charge is 0.170 e. The lowest BCUT2D eigenvalue weighted by Crippen LogP contribution is -2.10. The number of pyridine rings is 1. The monoisotopic (exact) mass is 491 g/mol. The zero-order valence-corrected chi connectivity index (χ0v) is 20.8. The van der Waals surface area contributed by atoms with E-state index in [9.17, 15) is 0 Å². The van der Waals surface area contributed by atoms with Gasteiger partial charge in [0.25, 0.3) is 0 Å². The Morgan fingerprint density at radius 3 is 2.71 bits per heavy atom. The van der Waals surface area contributed by atoms with Crippen LogP contribution in [0.15, 0.2) is 43.1 Å². The van der Waals surface area contributed by atoms with Crippen molar-refractivity contribution in [1.29, 1.82) is 0 Å². The summed E-state index contributed by atoms with van der Waals surface area (Å²) < 4.78 is 9.02. The zero-order valence-electron chi connectivity index (χ0n) is 20.0.